The summed E-state index contributed by atoms with van der Waals surface area (Å²) in [6.45, 7) is 4.17. The number of rotatable bonds is 11. The molecule has 1 aromatic carbocycles. The largest absolute Gasteiger partial charge is 0.385 e. The molecule has 5 heteroatoms. The van der Waals surface area contributed by atoms with Crippen LogP contribution in [0.4, 0.5) is 10.1 Å². The first-order valence-corrected chi connectivity index (χ1v) is 7.05. The summed E-state index contributed by atoms with van der Waals surface area (Å²) in [4.78, 5) is 2.10. The molecule has 0 atom stereocenters. The SMILES string of the molecule is COCCCOCCN(CCCN)c1cccc(F)c1. The lowest BCUT2D eigenvalue weighted by atomic mass is 10.2. The first-order chi connectivity index (χ1) is 9.77. The number of ether oxygens (including phenoxy) is 2. The maximum absolute atomic E-state index is 13.3. The van der Waals surface area contributed by atoms with Gasteiger partial charge in [-0.3, -0.25) is 0 Å². The Morgan fingerprint density at radius 2 is 2.00 bits per heavy atom. The highest BCUT2D eigenvalue weighted by atomic mass is 19.1. The van der Waals surface area contributed by atoms with Gasteiger partial charge in [-0.25, -0.2) is 4.39 Å². The third kappa shape index (κ3) is 6.84. The molecule has 0 fully saturated rings. The van der Waals surface area contributed by atoms with Crippen molar-refractivity contribution >= 4 is 5.69 Å². The number of hydrogen-bond acceptors (Lipinski definition) is 4. The van der Waals surface area contributed by atoms with E-state index >= 15 is 0 Å². The van der Waals surface area contributed by atoms with Crippen molar-refractivity contribution in [3.63, 3.8) is 0 Å². The van der Waals surface area contributed by atoms with Crippen molar-refractivity contribution in [2.45, 2.75) is 12.8 Å². The molecule has 0 aliphatic rings. The van der Waals surface area contributed by atoms with Crippen LogP contribution in [0.15, 0.2) is 24.3 Å². The van der Waals surface area contributed by atoms with E-state index in [2.05, 4.69) is 4.90 Å². The number of methoxy groups -OCH3 is 1. The predicted molar refractivity (Wildman–Crippen MR) is 79.6 cm³/mol. The summed E-state index contributed by atoms with van der Waals surface area (Å²) in [6, 6.07) is 6.62. The second-order valence-electron chi connectivity index (χ2n) is 4.57. The second-order valence-corrected chi connectivity index (χ2v) is 4.57. The van der Waals surface area contributed by atoms with E-state index in [0.717, 1.165) is 31.6 Å². The minimum absolute atomic E-state index is 0.221. The van der Waals surface area contributed by atoms with Gasteiger partial charge in [0.25, 0.3) is 0 Å². The molecule has 0 spiro atoms. The number of anilines is 1. The number of halogens is 1. The first-order valence-electron chi connectivity index (χ1n) is 7.05. The Morgan fingerprint density at radius 1 is 1.15 bits per heavy atom. The molecule has 0 aromatic heterocycles. The van der Waals surface area contributed by atoms with Crippen molar-refractivity contribution in [2.75, 3.05) is 51.5 Å². The van der Waals surface area contributed by atoms with Gasteiger partial charge in [0.2, 0.25) is 0 Å². The molecule has 20 heavy (non-hydrogen) atoms. The van der Waals surface area contributed by atoms with Crippen LogP contribution in [-0.4, -0.2) is 46.6 Å². The monoisotopic (exact) mass is 284 g/mol. The maximum atomic E-state index is 13.3. The molecule has 4 nitrogen and oxygen atoms in total. The zero-order chi connectivity index (χ0) is 14.6. The lowest BCUT2D eigenvalue weighted by Crippen LogP contribution is -2.30. The molecule has 0 heterocycles. The highest BCUT2D eigenvalue weighted by molar-refractivity contribution is 5.46. The molecule has 0 radical (unpaired) electrons. The van der Waals surface area contributed by atoms with Gasteiger partial charge < -0.3 is 20.1 Å². The molecule has 114 valence electrons. The summed E-state index contributed by atoms with van der Waals surface area (Å²) in [6.07, 6.45) is 1.76. The van der Waals surface area contributed by atoms with Crippen LogP contribution in [0, 0.1) is 5.82 Å². The van der Waals surface area contributed by atoms with Crippen molar-refractivity contribution in [3.05, 3.63) is 30.1 Å². The quantitative estimate of drug-likeness (QED) is 0.632. The fourth-order valence-electron chi connectivity index (χ4n) is 1.91. The van der Waals surface area contributed by atoms with Gasteiger partial charge in [-0.05, 0) is 37.6 Å². The normalized spacial score (nSPS) is 10.8. The van der Waals surface area contributed by atoms with Gasteiger partial charge in [-0.2, -0.15) is 0 Å². The fourth-order valence-corrected chi connectivity index (χ4v) is 1.91. The van der Waals surface area contributed by atoms with Crippen molar-refractivity contribution in [3.8, 4) is 0 Å². The van der Waals surface area contributed by atoms with E-state index in [0.29, 0.717) is 26.4 Å². The zero-order valence-corrected chi connectivity index (χ0v) is 12.2. The van der Waals surface area contributed by atoms with Gasteiger partial charge in [0.15, 0.2) is 0 Å². The number of benzene rings is 1. The van der Waals surface area contributed by atoms with Crippen molar-refractivity contribution in [1.29, 1.82) is 0 Å². The summed E-state index contributed by atoms with van der Waals surface area (Å²) in [7, 11) is 1.68. The van der Waals surface area contributed by atoms with Crippen LogP contribution in [0.1, 0.15) is 12.8 Å². The smallest absolute Gasteiger partial charge is 0.125 e. The summed E-state index contributed by atoms with van der Waals surface area (Å²) >= 11 is 0. The van der Waals surface area contributed by atoms with Gasteiger partial charge >= 0.3 is 0 Å². The zero-order valence-electron chi connectivity index (χ0n) is 12.2. The number of hydrogen-bond donors (Lipinski definition) is 1. The van der Waals surface area contributed by atoms with Crippen LogP contribution < -0.4 is 10.6 Å². The molecule has 1 aromatic rings. The fraction of sp³-hybridized carbons (Fsp3) is 0.600. The average molecular weight is 284 g/mol. The third-order valence-corrected chi connectivity index (χ3v) is 2.95. The van der Waals surface area contributed by atoms with Crippen LogP contribution in [0.5, 0.6) is 0 Å². The van der Waals surface area contributed by atoms with Gasteiger partial charge in [0.05, 0.1) is 6.61 Å². The Labute approximate surface area is 120 Å². The van der Waals surface area contributed by atoms with E-state index < -0.39 is 0 Å². The van der Waals surface area contributed by atoms with Crippen molar-refractivity contribution in [1.82, 2.24) is 0 Å². The van der Waals surface area contributed by atoms with E-state index in [1.165, 1.54) is 6.07 Å². The summed E-state index contributed by atoms with van der Waals surface area (Å²) in [5.74, 6) is -0.221. The van der Waals surface area contributed by atoms with Crippen LogP contribution in [-0.2, 0) is 9.47 Å². The molecule has 0 saturated heterocycles. The summed E-state index contributed by atoms with van der Waals surface area (Å²) < 4.78 is 23.8. The van der Waals surface area contributed by atoms with Gasteiger partial charge in [-0.1, -0.05) is 6.07 Å². The lowest BCUT2D eigenvalue weighted by molar-refractivity contribution is 0.107. The Hall–Kier alpha value is -1.17. The van der Waals surface area contributed by atoms with Gasteiger partial charge in [0, 0.05) is 39.1 Å². The third-order valence-electron chi connectivity index (χ3n) is 2.95. The minimum Gasteiger partial charge on any atom is -0.385 e. The average Bonchev–Trinajstić information content (AvgIpc) is 2.45. The Bertz CT molecular complexity index is 363. The second kappa shape index (κ2) is 10.6. The molecule has 0 aliphatic carbocycles. The minimum atomic E-state index is -0.221. The van der Waals surface area contributed by atoms with E-state index in [-0.39, 0.29) is 5.82 Å². The Kier molecular flexibility index (Phi) is 8.95. The molecule has 0 amide bonds. The van der Waals surface area contributed by atoms with E-state index in [1.807, 2.05) is 6.07 Å². The summed E-state index contributed by atoms with van der Waals surface area (Å²) in [5, 5.41) is 0. The van der Waals surface area contributed by atoms with Crippen LogP contribution in [0.2, 0.25) is 0 Å². The summed E-state index contributed by atoms with van der Waals surface area (Å²) in [5.41, 5.74) is 6.42. The maximum Gasteiger partial charge on any atom is 0.125 e. The van der Waals surface area contributed by atoms with E-state index in [1.54, 1.807) is 19.2 Å². The van der Waals surface area contributed by atoms with E-state index in [9.17, 15) is 4.39 Å². The van der Waals surface area contributed by atoms with Crippen molar-refractivity contribution in [2.24, 2.45) is 5.73 Å². The highest BCUT2D eigenvalue weighted by Gasteiger charge is 2.06. The van der Waals surface area contributed by atoms with Crippen LogP contribution >= 0.6 is 0 Å². The van der Waals surface area contributed by atoms with Gasteiger partial charge in [-0.15, -0.1) is 0 Å². The molecule has 0 bridgehead atoms. The molecule has 0 unspecified atom stereocenters. The topological polar surface area (TPSA) is 47.7 Å². The van der Waals surface area contributed by atoms with Crippen LogP contribution in [0.25, 0.3) is 0 Å². The van der Waals surface area contributed by atoms with Crippen LogP contribution in [0.3, 0.4) is 0 Å². The lowest BCUT2D eigenvalue weighted by Gasteiger charge is -2.24. The molecule has 2 N–H and O–H groups in total. The molecule has 0 saturated carbocycles. The highest BCUT2D eigenvalue weighted by Crippen LogP contribution is 2.15. The van der Waals surface area contributed by atoms with Gasteiger partial charge in [0.1, 0.15) is 5.82 Å². The molecular formula is C15H25FN2O2. The van der Waals surface area contributed by atoms with E-state index in [4.69, 9.17) is 15.2 Å². The number of nitrogens with zero attached hydrogens (tertiary/aromatic N) is 1. The molecule has 1 rings (SSSR count). The van der Waals surface area contributed by atoms with Crippen molar-refractivity contribution < 1.29 is 13.9 Å². The Morgan fingerprint density at radius 3 is 2.70 bits per heavy atom. The molecule has 0 aliphatic heterocycles. The standard InChI is InChI=1S/C15H25FN2O2/c1-19-10-4-11-20-12-9-18(8-3-7-17)15-6-2-5-14(16)13-15/h2,5-6,13H,3-4,7-12,17H2,1H3. The Balaban J connectivity index is 2.40. The predicted octanol–water partition coefficient (Wildman–Crippen LogP) is 2.03. The first kappa shape index (κ1) is 16.9. The number of nitrogens with two attached hydrogens (primary N) is 1. The molecular weight excluding hydrogens is 259 g/mol.